The number of rotatable bonds is 15. The van der Waals surface area contributed by atoms with Crippen molar-refractivity contribution in [3.63, 3.8) is 0 Å². The molecule has 4 amide bonds. The van der Waals surface area contributed by atoms with Crippen LogP contribution in [-0.2, 0) is 41.6 Å². The average Bonchev–Trinajstić information content (AvgIpc) is 2.89. The number of aliphatic carboxylic acids is 2. The Balaban J connectivity index is 2.23. The van der Waals surface area contributed by atoms with Gasteiger partial charge in [-0.1, -0.05) is 24.3 Å². The van der Waals surface area contributed by atoms with Crippen LogP contribution in [0.5, 0.6) is 11.5 Å². The fourth-order valence-electron chi connectivity index (χ4n) is 3.66. The molecule has 0 fully saturated rings. The van der Waals surface area contributed by atoms with Gasteiger partial charge in [0, 0.05) is 6.42 Å². The van der Waals surface area contributed by atoms with E-state index in [1.54, 1.807) is 0 Å². The number of carboxylic acids is 2. The summed E-state index contributed by atoms with van der Waals surface area (Å²) in [5.74, 6) is -7.09. The minimum atomic E-state index is -1.82. The molecule has 0 aliphatic heterocycles. The van der Waals surface area contributed by atoms with E-state index < -0.39 is 72.6 Å². The smallest absolute Gasteiger partial charge is 0.326 e. The molecule has 0 bridgehead atoms. The van der Waals surface area contributed by atoms with Gasteiger partial charge in [0.15, 0.2) is 0 Å². The predicted molar refractivity (Wildman–Crippen MR) is 141 cm³/mol. The van der Waals surface area contributed by atoms with Crippen molar-refractivity contribution in [1.29, 1.82) is 0 Å². The number of primary amides is 1. The number of aromatic hydroxyl groups is 2. The Hall–Kier alpha value is -5.18. The first-order valence-electron chi connectivity index (χ1n) is 12.2. The molecule has 15 nitrogen and oxygen atoms in total. The molecule has 4 unspecified atom stereocenters. The summed E-state index contributed by atoms with van der Waals surface area (Å²) >= 11 is 0. The van der Waals surface area contributed by atoms with Gasteiger partial charge in [0.1, 0.15) is 29.6 Å². The number of nitrogens with one attached hydrogen (secondary N) is 3. The molecule has 220 valence electrons. The zero-order valence-electron chi connectivity index (χ0n) is 21.6. The van der Waals surface area contributed by atoms with Crippen molar-refractivity contribution in [2.75, 3.05) is 0 Å². The number of nitrogens with two attached hydrogens (primary N) is 2. The number of hydrogen-bond donors (Lipinski definition) is 9. The van der Waals surface area contributed by atoms with Gasteiger partial charge in [0.2, 0.25) is 23.6 Å². The molecule has 0 spiro atoms. The van der Waals surface area contributed by atoms with Gasteiger partial charge in [0.25, 0.3) is 0 Å². The Kier molecular flexibility index (Phi) is 11.6. The number of hydrogen-bond acceptors (Lipinski definition) is 9. The summed E-state index contributed by atoms with van der Waals surface area (Å²) in [6.45, 7) is 0. The van der Waals surface area contributed by atoms with Gasteiger partial charge in [-0.2, -0.15) is 0 Å². The molecular weight excluding hydrogens is 542 g/mol. The predicted octanol–water partition coefficient (Wildman–Crippen LogP) is -1.90. The first-order chi connectivity index (χ1) is 19.2. The van der Waals surface area contributed by atoms with Crippen LogP contribution >= 0.6 is 0 Å². The Morgan fingerprint density at radius 3 is 1.54 bits per heavy atom. The largest absolute Gasteiger partial charge is 0.508 e. The standard InChI is InChI=1S/C26H31N5O10/c27-17(9-13-1-5-15(32)6-2-13)23(37)29-19(11-21(28)34)25(39)30-18(10-14-3-7-16(33)8-4-14)24(38)31-20(26(40)41)12-22(35)36/h1-8,17-20,32-33H,9-12,27H2,(H2,28,34)(H,29,37)(H,30,39)(H,31,38)(H,35,36)(H,40,41). The van der Waals surface area contributed by atoms with E-state index in [9.17, 15) is 44.1 Å². The molecule has 0 heterocycles. The normalized spacial score (nSPS) is 13.6. The van der Waals surface area contributed by atoms with E-state index in [-0.39, 0.29) is 24.3 Å². The van der Waals surface area contributed by atoms with Crippen LogP contribution < -0.4 is 27.4 Å². The molecule has 0 saturated heterocycles. The number of amides is 4. The molecule has 2 aromatic rings. The molecule has 0 aromatic heterocycles. The Labute approximate surface area is 233 Å². The highest BCUT2D eigenvalue weighted by molar-refractivity contribution is 5.96. The molecule has 0 saturated carbocycles. The second kappa shape index (κ2) is 14.8. The van der Waals surface area contributed by atoms with E-state index in [2.05, 4.69) is 16.0 Å². The van der Waals surface area contributed by atoms with E-state index in [0.717, 1.165) is 0 Å². The number of phenols is 2. The summed E-state index contributed by atoms with van der Waals surface area (Å²) in [5, 5.41) is 43.9. The summed E-state index contributed by atoms with van der Waals surface area (Å²) in [7, 11) is 0. The van der Waals surface area contributed by atoms with E-state index in [0.29, 0.717) is 11.1 Å². The minimum Gasteiger partial charge on any atom is -0.508 e. The van der Waals surface area contributed by atoms with Crippen molar-refractivity contribution < 1.29 is 49.2 Å². The van der Waals surface area contributed by atoms with Crippen LogP contribution in [0.25, 0.3) is 0 Å². The van der Waals surface area contributed by atoms with Crippen LogP contribution in [0, 0.1) is 0 Å². The number of benzene rings is 2. The summed E-state index contributed by atoms with van der Waals surface area (Å²) in [6, 6.07) is 5.28. The summed E-state index contributed by atoms with van der Waals surface area (Å²) in [4.78, 5) is 73.0. The monoisotopic (exact) mass is 573 g/mol. The molecule has 41 heavy (non-hydrogen) atoms. The van der Waals surface area contributed by atoms with Crippen LogP contribution in [0.3, 0.4) is 0 Å². The first-order valence-corrected chi connectivity index (χ1v) is 12.2. The Morgan fingerprint density at radius 1 is 0.634 bits per heavy atom. The van der Waals surface area contributed by atoms with Crippen LogP contribution in [-0.4, -0.2) is 80.2 Å². The van der Waals surface area contributed by atoms with Gasteiger partial charge in [-0.3, -0.25) is 24.0 Å². The number of carbonyl (C=O) groups excluding carboxylic acids is 4. The Morgan fingerprint density at radius 2 is 1.07 bits per heavy atom. The maximum Gasteiger partial charge on any atom is 0.326 e. The zero-order valence-corrected chi connectivity index (χ0v) is 21.6. The third kappa shape index (κ3) is 10.8. The van der Waals surface area contributed by atoms with Gasteiger partial charge in [-0.25, -0.2) is 4.79 Å². The molecule has 2 rings (SSSR count). The SMILES string of the molecule is NC(=O)CC(NC(=O)C(N)Cc1ccc(O)cc1)C(=O)NC(Cc1ccc(O)cc1)C(=O)NC(CC(=O)O)C(=O)O. The fraction of sp³-hybridized carbons (Fsp3) is 0.308. The second-order valence-corrected chi connectivity index (χ2v) is 9.14. The van der Waals surface area contributed by atoms with Crippen molar-refractivity contribution in [2.45, 2.75) is 49.9 Å². The average molecular weight is 574 g/mol. The lowest BCUT2D eigenvalue weighted by Gasteiger charge is -2.25. The molecule has 0 aliphatic carbocycles. The van der Waals surface area contributed by atoms with Gasteiger partial charge < -0.3 is 47.8 Å². The molecule has 0 radical (unpaired) electrons. The lowest BCUT2D eigenvalue weighted by Crippen LogP contribution is -2.58. The summed E-state index contributed by atoms with van der Waals surface area (Å²) in [5.41, 5.74) is 12.2. The van der Waals surface area contributed by atoms with Crippen LogP contribution in [0.2, 0.25) is 0 Å². The van der Waals surface area contributed by atoms with Crippen LogP contribution in [0.15, 0.2) is 48.5 Å². The third-order valence-corrected chi connectivity index (χ3v) is 5.77. The Bertz CT molecular complexity index is 1270. The maximum absolute atomic E-state index is 13.2. The molecular formula is C26H31N5O10. The highest BCUT2D eigenvalue weighted by Gasteiger charge is 2.32. The summed E-state index contributed by atoms with van der Waals surface area (Å²) < 4.78 is 0. The van der Waals surface area contributed by atoms with Crippen LogP contribution in [0.4, 0.5) is 0 Å². The topological polar surface area (TPSA) is 271 Å². The maximum atomic E-state index is 13.2. The van der Waals surface area contributed by atoms with Crippen LogP contribution in [0.1, 0.15) is 24.0 Å². The second-order valence-electron chi connectivity index (χ2n) is 9.14. The quantitative estimate of drug-likeness (QED) is 0.113. The molecule has 2 aromatic carbocycles. The number of carboxylic acid groups (broad SMARTS) is 2. The lowest BCUT2D eigenvalue weighted by molar-refractivity contribution is -0.147. The molecule has 0 aliphatic rings. The minimum absolute atomic E-state index is 0.00787. The third-order valence-electron chi connectivity index (χ3n) is 5.77. The molecule has 4 atom stereocenters. The molecule has 11 N–H and O–H groups in total. The first kappa shape index (κ1) is 32.0. The van der Waals surface area contributed by atoms with E-state index >= 15 is 0 Å². The fourth-order valence-corrected chi connectivity index (χ4v) is 3.66. The van der Waals surface area contributed by atoms with E-state index in [1.807, 2.05) is 0 Å². The van der Waals surface area contributed by atoms with Gasteiger partial charge >= 0.3 is 11.9 Å². The highest BCUT2D eigenvalue weighted by atomic mass is 16.4. The van der Waals surface area contributed by atoms with E-state index in [1.165, 1.54) is 48.5 Å². The number of phenolic OH excluding ortho intramolecular Hbond substituents is 2. The van der Waals surface area contributed by atoms with Gasteiger partial charge in [-0.15, -0.1) is 0 Å². The zero-order chi connectivity index (χ0) is 30.7. The van der Waals surface area contributed by atoms with Gasteiger partial charge in [-0.05, 0) is 41.8 Å². The highest BCUT2D eigenvalue weighted by Crippen LogP contribution is 2.13. The van der Waals surface area contributed by atoms with Crippen molar-refractivity contribution >= 4 is 35.6 Å². The number of carbonyl (C=O) groups is 6. The van der Waals surface area contributed by atoms with Crippen molar-refractivity contribution in [2.24, 2.45) is 11.5 Å². The summed E-state index contributed by atoms with van der Waals surface area (Å²) in [6.07, 6.45) is -1.84. The molecule has 15 heteroatoms. The van der Waals surface area contributed by atoms with E-state index in [4.69, 9.17) is 16.6 Å². The van der Waals surface area contributed by atoms with Crippen molar-refractivity contribution in [3.8, 4) is 11.5 Å². The van der Waals surface area contributed by atoms with Crippen molar-refractivity contribution in [1.82, 2.24) is 16.0 Å². The lowest BCUT2D eigenvalue weighted by atomic mass is 10.0. The van der Waals surface area contributed by atoms with Gasteiger partial charge in [0.05, 0.1) is 18.9 Å². The van der Waals surface area contributed by atoms with Crippen molar-refractivity contribution in [3.05, 3.63) is 59.7 Å².